The van der Waals surface area contributed by atoms with E-state index in [2.05, 4.69) is 10.6 Å². The molecule has 1 amide bonds. The number of carbonyl (C=O) groups is 1. The van der Waals surface area contributed by atoms with E-state index < -0.39 is 4.92 Å². The maximum atomic E-state index is 11.9. The highest BCUT2D eigenvalue weighted by molar-refractivity contribution is 7.99. The van der Waals surface area contributed by atoms with Gasteiger partial charge in [-0.15, -0.1) is 0 Å². The Morgan fingerprint density at radius 1 is 1.53 bits per heavy atom. The zero-order valence-corrected chi connectivity index (χ0v) is 11.9. The van der Waals surface area contributed by atoms with Crippen LogP contribution < -0.4 is 10.6 Å². The first-order chi connectivity index (χ1) is 8.99. The second-order valence-corrected chi connectivity index (χ2v) is 5.27. The number of nitrogens with one attached hydrogen (secondary N) is 2. The Morgan fingerprint density at radius 2 is 2.21 bits per heavy atom. The van der Waals surface area contributed by atoms with Crippen molar-refractivity contribution >= 4 is 29.0 Å². The normalized spacial score (nSPS) is 11.7. The molecule has 0 saturated heterocycles. The van der Waals surface area contributed by atoms with Gasteiger partial charge in [0.1, 0.15) is 5.69 Å². The summed E-state index contributed by atoms with van der Waals surface area (Å²) in [5, 5.41) is 16.6. The molecule has 1 atom stereocenters. The number of thioether (sulfide) groups is 1. The molecule has 0 bridgehead atoms. The Labute approximate surface area is 116 Å². The van der Waals surface area contributed by atoms with Gasteiger partial charge in [0.15, 0.2) is 0 Å². The van der Waals surface area contributed by atoms with Crippen molar-refractivity contribution in [3.63, 3.8) is 0 Å². The van der Waals surface area contributed by atoms with Crippen LogP contribution in [-0.2, 0) is 0 Å². The molecule has 0 aliphatic heterocycles. The summed E-state index contributed by atoms with van der Waals surface area (Å²) in [6, 6.07) is 4.27. The summed E-state index contributed by atoms with van der Waals surface area (Å²) in [6.07, 6.45) is 1.97. The third kappa shape index (κ3) is 4.13. The highest BCUT2D eigenvalue weighted by Gasteiger charge is 2.16. The van der Waals surface area contributed by atoms with Crippen molar-refractivity contribution in [3.8, 4) is 0 Å². The van der Waals surface area contributed by atoms with Crippen molar-refractivity contribution in [2.45, 2.75) is 12.2 Å². The molecule has 2 N–H and O–H groups in total. The number of anilines is 1. The van der Waals surface area contributed by atoms with Crippen molar-refractivity contribution < 1.29 is 9.72 Å². The Hall–Kier alpha value is -1.76. The van der Waals surface area contributed by atoms with Crippen molar-refractivity contribution in [3.05, 3.63) is 33.9 Å². The number of nitro benzene ring substituents is 1. The minimum Gasteiger partial charge on any atom is -0.383 e. The van der Waals surface area contributed by atoms with E-state index in [1.807, 2.05) is 13.2 Å². The maximum Gasteiger partial charge on any atom is 0.292 e. The first-order valence-electron chi connectivity index (χ1n) is 5.76. The number of hydrogen-bond donors (Lipinski definition) is 2. The quantitative estimate of drug-likeness (QED) is 0.617. The van der Waals surface area contributed by atoms with Crippen molar-refractivity contribution in [1.82, 2.24) is 5.32 Å². The summed E-state index contributed by atoms with van der Waals surface area (Å²) >= 11 is 1.66. The van der Waals surface area contributed by atoms with Crippen LogP contribution in [0.1, 0.15) is 17.3 Å². The highest BCUT2D eigenvalue weighted by Crippen LogP contribution is 2.24. The lowest BCUT2D eigenvalue weighted by molar-refractivity contribution is -0.383. The molecule has 7 heteroatoms. The van der Waals surface area contributed by atoms with E-state index in [1.54, 1.807) is 18.8 Å². The fourth-order valence-electron chi connectivity index (χ4n) is 1.46. The second-order valence-electron chi connectivity index (χ2n) is 4.00. The van der Waals surface area contributed by atoms with Crippen molar-refractivity contribution in [2.75, 3.05) is 25.2 Å². The maximum absolute atomic E-state index is 11.9. The van der Waals surface area contributed by atoms with Gasteiger partial charge in [0, 0.05) is 30.5 Å². The van der Waals surface area contributed by atoms with Gasteiger partial charge in [-0.25, -0.2) is 0 Å². The molecule has 1 aromatic rings. The summed E-state index contributed by atoms with van der Waals surface area (Å²) in [5.74, 6) is -0.229. The molecule has 0 aliphatic carbocycles. The van der Waals surface area contributed by atoms with Gasteiger partial charge in [0.25, 0.3) is 11.6 Å². The van der Waals surface area contributed by atoms with E-state index >= 15 is 0 Å². The topological polar surface area (TPSA) is 84.3 Å². The molecule has 0 aliphatic rings. The van der Waals surface area contributed by atoms with Crippen molar-refractivity contribution in [1.29, 1.82) is 0 Å². The molecular formula is C12H17N3O3S. The lowest BCUT2D eigenvalue weighted by Crippen LogP contribution is -2.29. The molecule has 19 heavy (non-hydrogen) atoms. The molecule has 1 rings (SSSR count). The summed E-state index contributed by atoms with van der Waals surface area (Å²) in [6.45, 7) is 2.58. The number of hydrogen-bond acceptors (Lipinski definition) is 5. The van der Waals surface area contributed by atoms with Crippen LogP contribution in [0.4, 0.5) is 11.4 Å². The lowest BCUT2D eigenvalue weighted by atomic mass is 10.1. The average Bonchev–Trinajstić information content (AvgIpc) is 2.43. The average molecular weight is 283 g/mol. The summed E-state index contributed by atoms with van der Waals surface area (Å²) in [7, 11) is 1.58. The standard InChI is InChI=1S/C12H17N3O3S/c1-8(19-3)7-14-12(16)9-4-5-11(15(17)18)10(6-9)13-2/h4-6,8,13H,7H2,1-3H3,(H,14,16). The predicted octanol–water partition coefficient (Wildman–Crippen LogP) is 2.12. The Balaban J connectivity index is 2.84. The third-order valence-corrected chi connectivity index (χ3v) is 3.65. The predicted molar refractivity (Wildman–Crippen MR) is 78.0 cm³/mol. The number of benzene rings is 1. The largest absolute Gasteiger partial charge is 0.383 e. The number of rotatable bonds is 6. The Bertz CT molecular complexity index is 479. The summed E-state index contributed by atoms with van der Waals surface area (Å²) in [5.41, 5.74) is 0.690. The van der Waals surface area contributed by atoms with Gasteiger partial charge in [-0.1, -0.05) is 6.92 Å². The summed E-state index contributed by atoms with van der Waals surface area (Å²) in [4.78, 5) is 22.2. The van der Waals surface area contributed by atoms with Crippen molar-refractivity contribution in [2.24, 2.45) is 0 Å². The fraction of sp³-hybridized carbons (Fsp3) is 0.417. The zero-order valence-electron chi connectivity index (χ0n) is 11.1. The van der Waals surface area contributed by atoms with Crippen LogP contribution in [0.15, 0.2) is 18.2 Å². The van der Waals surface area contributed by atoms with Crippen LogP contribution in [0.5, 0.6) is 0 Å². The lowest BCUT2D eigenvalue weighted by Gasteiger charge is -2.10. The van der Waals surface area contributed by atoms with E-state index in [9.17, 15) is 14.9 Å². The van der Waals surface area contributed by atoms with Gasteiger partial charge >= 0.3 is 0 Å². The van der Waals surface area contributed by atoms with Crippen LogP contribution in [0.3, 0.4) is 0 Å². The fourth-order valence-corrected chi connectivity index (χ4v) is 1.71. The minimum absolute atomic E-state index is 0.0449. The van der Waals surface area contributed by atoms with Crippen LogP contribution in [0.25, 0.3) is 0 Å². The molecule has 6 nitrogen and oxygen atoms in total. The zero-order chi connectivity index (χ0) is 14.4. The smallest absolute Gasteiger partial charge is 0.292 e. The molecule has 0 aromatic heterocycles. The number of nitro groups is 1. The number of carbonyl (C=O) groups excluding carboxylic acids is 1. The first kappa shape index (κ1) is 15.3. The molecular weight excluding hydrogens is 266 g/mol. The van der Waals surface area contributed by atoms with Crippen LogP contribution in [0.2, 0.25) is 0 Å². The van der Waals surface area contributed by atoms with Gasteiger partial charge in [-0.3, -0.25) is 14.9 Å². The molecule has 0 spiro atoms. The minimum atomic E-state index is -0.483. The molecule has 1 aromatic carbocycles. The monoisotopic (exact) mass is 283 g/mol. The molecule has 0 heterocycles. The number of nitrogens with zero attached hydrogens (tertiary/aromatic N) is 1. The SMILES string of the molecule is CNc1cc(C(=O)NCC(C)SC)ccc1[N+](=O)[O-]. The molecule has 0 radical (unpaired) electrons. The second kappa shape index (κ2) is 6.98. The van der Waals surface area contributed by atoms with Gasteiger partial charge in [-0.2, -0.15) is 11.8 Å². The van der Waals surface area contributed by atoms with E-state index in [1.165, 1.54) is 18.2 Å². The van der Waals surface area contributed by atoms with E-state index in [0.29, 0.717) is 23.0 Å². The van der Waals surface area contributed by atoms with Crippen LogP contribution >= 0.6 is 11.8 Å². The van der Waals surface area contributed by atoms with Gasteiger partial charge < -0.3 is 10.6 Å². The third-order valence-electron chi connectivity index (χ3n) is 2.68. The molecule has 104 valence electrons. The van der Waals surface area contributed by atoms with Gasteiger partial charge in [0.05, 0.1) is 4.92 Å². The highest BCUT2D eigenvalue weighted by atomic mass is 32.2. The van der Waals surface area contributed by atoms with E-state index in [4.69, 9.17) is 0 Å². The molecule has 1 unspecified atom stereocenters. The Kier molecular flexibility index (Phi) is 5.62. The van der Waals surface area contributed by atoms with Gasteiger partial charge in [-0.05, 0) is 18.4 Å². The van der Waals surface area contributed by atoms with E-state index in [-0.39, 0.29) is 11.6 Å². The molecule has 0 saturated carbocycles. The molecule has 0 fully saturated rings. The number of amides is 1. The summed E-state index contributed by atoms with van der Waals surface area (Å²) < 4.78 is 0. The first-order valence-corrected chi connectivity index (χ1v) is 7.05. The van der Waals surface area contributed by atoms with Crippen LogP contribution in [-0.4, -0.2) is 35.9 Å². The van der Waals surface area contributed by atoms with Gasteiger partial charge in [0.2, 0.25) is 0 Å². The Morgan fingerprint density at radius 3 is 2.74 bits per heavy atom. The van der Waals surface area contributed by atoms with E-state index in [0.717, 1.165) is 0 Å². The van der Waals surface area contributed by atoms with Crippen LogP contribution in [0, 0.1) is 10.1 Å².